The predicted molar refractivity (Wildman–Crippen MR) is 64.0 cm³/mol. The molecule has 0 aliphatic rings. The molecular formula is C11H20N2OS. The van der Waals surface area contributed by atoms with Crippen molar-refractivity contribution >= 4 is 11.3 Å². The summed E-state index contributed by atoms with van der Waals surface area (Å²) in [5.74, 6) is 0. The van der Waals surface area contributed by atoms with Crippen molar-refractivity contribution in [3.05, 3.63) is 16.1 Å². The summed E-state index contributed by atoms with van der Waals surface area (Å²) >= 11 is 1.64. The molecule has 1 heterocycles. The lowest BCUT2D eigenvalue weighted by Gasteiger charge is -2.25. The maximum absolute atomic E-state index is 6.12. The largest absolute Gasteiger partial charge is 0.372 e. The van der Waals surface area contributed by atoms with Gasteiger partial charge in [-0.15, -0.1) is 11.3 Å². The molecule has 0 fully saturated rings. The lowest BCUT2D eigenvalue weighted by atomic mass is 9.96. The lowest BCUT2D eigenvalue weighted by molar-refractivity contribution is 0.0695. The van der Waals surface area contributed by atoms with E-state index < -0.39 is 0 Å². The molecule has 0 aliphatic carbocycles. The second kappa shape index (κ2) is 5.58. The summed E-state index contributed by atoms with van der Waals surface area (Å²) in [5.41, 5.74) is 7.01. The Labute approximate surface area is 95.7 Å². The van der Waals surface area contributed by atoms with Gasteiger partial charge >= 0.3 is 0 Å². The minimum Gasteiger partial charge on any atom is -0.372 e. The number of rotatable bonds is 6. The van der Waals surface area contributed by atoms with Crippen molar-refractivity contribution in [2.24, 2.45) is 5.73 Å². The zero-order valence-electron chi connectivity index (χ0n) is 9.75. The van der Waals surface area contributed by atoms with Gasteiger partial charge in [0.1, 0.15) is 5.01 Å². The third kappa shape index (κ3) is 3.89. The Hall–Kier alpha value is -0.450. The normalized spacial score (nSPS) is 12.0. The van der Waals surface area contributed by atoms with Crippen LogP contribution in [0.25, 0.3) is 0 Å². The number of hydrogen-bond donors (Lipinski definition) is 1. The van der Waals surface area contributed by atoms with Crippen LogP contribution in [-0.2, 0) is 11.3 Å². The van der Waals surface area contributed by atoms with Gasteiger partial charge in [-0.1, -0.05) is 13.8 Å². The summed E-state index contributed by atoms with van der Waals surface area (Å²) in [4.78, 5) is 4.33. The molecule has 0 aliphatic heterocycles. The first-order valence-electron chi connectivity index (χ1n) is 5.37. The van der Waals surface area contributed by atoms with E-state index in [0.717, 1.165) is 23.5 Å². The van der Waals surface area contributed by atoms with E-state index in [1.54, 1.807) is 11.3 Å². The fourth-order valence-corrected chi connectivity index (χ4v) is 1.97. The van der Waals surface area contributed by atoms with Gasteiger partial charge < -0.3 is 10.5 Å². The van der Waals surface area contributed by atoms with Crippen LogP contribution in [0.2, 0.25) is 0 Å². The molecule has 0 bridgehead atoms. The van der Waals surface area contributed by atoms with Crippen molar-refractivity contribution in [3.8, 4) is 0 Å². The van der Waals surface area contributed by atoms with E-state index >= 15 is 0 Å². The summed E-state index contributed by atoms with van der Waals surface area (Å²) in [6.07, 6.45) is 1.89. The molecular weight excluding hydrogens is 208 g/mol. The summed E-state index contributed by atoms with van der Waals surface area (Å²) in [6, 6.07) is 0. The molecule has 0 saturated carbocycles. The topological polar surface area (TPSA) is 48.1 Å². The van der Waals surface area contributed by atoms with Crippen LogP contribution >= 0.6 is 11.3 Å². The molecule has 1 aromatic heterocycles. The molecule has 0 atom stereocenters. The summed E-state index contributed by atoms with van der Waals surface area (Å²) in [5, 5.41) is 3.07. The van der Waals surface area contributed by atoms with Gasteiger partial charge in [0.15, 0.2) is 0 Å². The second-order valence-electron chi connectivity index (χ2n) is 3.94. The monoisotopic (exact) mass is 228 g/mol. The van der Waals surface area contributed by atoms with Crippen molar-refractivity contribution in [1.82, 2.24) is 4.98 Å². The Morgan fingerprint density at radius 3 is 2.60 bits per heavy atom. The fraction of sp³-hybridized carbons (Fsp3) is 0.727. The maximum Gasteiger partial charge on any atom is 0.119 e. The van der Waals surface area contributed by atoms with E-state index in [1.165, 1.54) is 0 Å². The van der Waals surface area contributed by atoms with Crippen LogP contribution < -0.4 is 5.73 Å². The first-order chi connectivity index (χ1) is 7.09. The first kappa shape index (κ1) is 12.6. The highest BCUT2D eigenvalue weighted by atomic mass is 32.1. The molecule has 3 nitrogen and oxygen atoms in total. The van der Waals surface area contributed by atoms with Crippen molar-refractivity contribution in [2.45, 2.75) is 45.8 Å². The minimum atomic E-state index is -0.174. The minimum absolute atomic E-state index is 0.174. The standard InChI is InChI=1S/C11H20N2OS/c1-4-11(12,5-2)8-14-6-10-13-9(3)7-15-10/h7H,4-6,8,12H2,1-3H3. The van der Waals surface area contributed by atoms with Crippen molar-refractivity contribution in [1.29, 1.82) is 0 Å². The molecule has 0 amide bonds. The number of nitrogens with two attached hydrogens (primary N) is 1. The maximum atomic E-state index is 6.12. The van der Waals surface area contributed by atoms with Crippen LogP contribution in [0.1, 0.15) is 37.4 Å². The van der Waals surface area contributed by atoms with E-state index in [2.05, 4.69) is 18.8 Å². The van der Waals surface area contributed by atoms with Gasteiger partial charge in [0.25, 0.3) is 0 Å². The zero-order valence-corrected chi connectivity index (χ0v) is 10.6. The molecule has 2 N–H and O–H groups in total. The molecule has 86 valence electrons. The number of thiazole rings is 1. The molecule has 0 spiro atoms. The number of nitrogens with zero attached hydrogens (tertiary/aromatic N) is 1. The van der Waals surface area contributed by atoms with Gasteiger partial charge in [0.2, 0.25) is 0 Å². The van der Waals surface area contributed by atoms with Crippen LogP contribution in [0.15, 0.2) is 5.38 Å². The lowest BCUT2D eigenvalue weighted by Crippen LogP contribution is -2.43. The van der Waals surface area contributed by atoms with E-state index in [9.17, 15) is 0 Å². The van der Waals surface area contributed by atoms with Crippen LogP contribution in [0.3, 0.4) is 0 Å². The van der Waals surface area contributed by atoms with Crippen molar-refractivity contribution in [2.75, 3.05) is 6.61 Å². The summed E-state index contributed by atoms with van der Waals surface area (Å²) < 4.78 is 5.60. The van der Waals surface area contributed by atoms with Gasteiger partial charge in [0.05, 0.1) is 13.2 Å². The molecule has 0 aromatic carbocycles. The van der Waals surface area contributed by atoms with E-state index in [1.807, 2.05) is 12.3 Å². The predicted octanol–water partition coefficient (Wildman–Crippen LogP) is 2.49. The summed E-state index contributed by atoms with van der Waals surface area (Å²) in [7, 11) is 0. The molecule has 0 unspecified atom stereocenters. The molecule has 0 saturated heterocycles. The number of hydrogen-bond acceptors (Lipinski definition) is 4. The Morgan fingerprint density at radius 2 is 2.13 bits per heavy atom. The molecule has 1 rings (SSSR count). The van der Waals surface area contributed by atoms with E-state index in [-0.39, 0.29) is 5.54 Å². The van der Waals surface area contributed by atoms with Crippen LogP contribution in [0, 0.1) is 6.92 Å². The zero-order chi connectivity index (χ0) is 11.3. The first-order valence-corrected chi connectivity index (χ1v) is 6.25. The highest BCUT2D eigenvalue weighted by Gasteiger charge is 2.20. The molecule has 15 heavy (non-hydrogen) atoms. The van der Waals surface area contributed by atoms with Gasteiger partial charge in [-0.2, -0.15) is 0 Å². The van der Waals surface area contributed by atoms with Crippen molar-refractivity contribution in [3.63, 3.8) is 0 Å². The Balaban J connectivity index is 2.32. The Kier molecular flexibility index (Phi) is 4.70. The number of aromatic nitrogens is 1. The van der Waals surface area contributed by atoms with Crippen molar-refractivity contribution < 1.29 is 4.74 Å². The van der Waals surface area contributed by atoms with E-state index in [4.69, 9.17) is 10.5 Å². The van der Waals surface area contributed by atoms with E-state index in [0.29, 0.717) is 13.2 Å². The highest BCUT2D eigenvalue weighted by molar-refractivity contribution is 7.09. The smallest absolute Gasteiger partial charge is 0.119 e. The third-order valence-corrected chi connectivity index (χ3v) is 3.63. The van der Waals surface area contributed by atoms with Gasteiger partial charge in [-0.05, 0) is 19.8 Å². The van der Waals surface area contributed by atoms with Gasteiger partial charge in [-0.25, -0.2) is 4.98 Å². The quantitative estimate of drug-likeness (QED) is 0.813. The molecule has 4 heteroatoms. The molecule has 0 radical (unpaired) electrons. The highest BCUT2D eigenvalue weighted by Crippen LogP contribution is 2.14. The number of aryl methyl sites for hydroxylation is 1. The van der Waals surface area contributed by atoms with Gasteiger partial charge in [0, 0.05) is 16.6 Å². The Morgan fingerprint density at radius 1 is 1.47 bits per heavy atom. The number of ether oxygens (including phenoxy) is 1. The third-order valence-electron chi connectivity index (χ3n) is 2.69. The fourth-order valence-electron chi connectivity index (χ4n) is 1.26. The van der Waals surface area contributed by atoms with Gasteiger partial charge in [-0.3, -0.25) is 0 Å². The average molecular weight is 228 g/mol. The SMILES string of the molecule is CCC(N)(CC)COCc1nc(C)cs1. The Bertz CT molecular complexity index is 295. The van der Waals surface area contributed by atoms with Crippen LogP contribution in [0.5, 0.6) is 0 Å². The van der Waals surface area contributed by atoms with Crippen LogP contribution in [-0.4, -0.2) is 17.1 Å². The molecule has 1 aromatic rings. The second-order valence-corrected chi connectivity index (χ2v) is 4.89. The van der Waals surface area contributed by atoms with Crippen LogP contribution in [0.4, 0.5) is 0 Å². The average Bonchev–Trinajstić information content (AvgIpc) is 2.64. The summed E-state index contributed by atoms with van der Waals surface area (Å²) in [6.45, 7) is 7.38.